The second-order valence-corrected chi connectivity index (χ2v) is 9.36. The first kappa shape index (κ1) is 26.3. The predicted octanol–water partition coefficient (Wildman–Crippen LogP) is 3.23. The van der Waals surface area contributed by atoms with Crippen molar-refractivity contribution in [2.75, 3.05) is 58.3 Å². The Kier molecular flexibility index (Phi) is 8.23. The summed E-state index contributed by atoms with van der Waals surface area (Å²) in [5, 5.41) is 0.799. The standard InChI is InChI=1S/C28H33FN4O4/c1-4-37-28(36)24-25(22-8-5-6-9-23(22)33(27(24)35)15-7-14-30(2)3)31-16-18-32(19-17-31)26(34)20-10-12-21(29)13-11-20/h5-6,8-13H,4,7,14-19H2,1-3H3. The molecule has 1 aromatic heterocycles. The van der Waals surface area contributed by atoms with Gasteiger partial charge in [0.1, 0.15) is 11.4 Å². The van der Waals surface area contributed by atoms with Gasteiger partial charge in [-0.15, -0.1) is 0 Å². The summed E-state index contributed by atoms with van der Waals surface area (Å²) in [4.78, 5) is 45.6. The number of piperazine rings is 1. The van der Waals surface area contributed by atoms with Crippen LogP contribution in [0.5, 0.6) is 0 Å². The molecule has 0 unspecified atom stereocenters. The number of fused-ring (bicyclic) bond motifs is 1. The van der Waals surface area contributed by atoms with Crippen molar-refractivity contribution in [3.05, 3.63) is 75.8 Å². The Morgan fingerprint density at radius 1 is 1.00 bits per heavy atom. The average Bonchev–Trinajstić information content (AvgIpc) is 2.89. The summed E-state index contributed by atoms with van der Waals surface area (Å²) in [5.41, 5.74) is 1.41. The predicted molar refractivity (Wildman–Crippen MR) is 142 cm³/mol. The van der Waals surface area contributed by atoms with Crippen molar-refractivity contribution >= 4 is 28.5 Å². The zero-order chi connectivity index (χ0) is 26.5. The lowest BCUT2D eigenvalue weighted by atomic mass is 10.1. The highest BCUT2D eigenvalue weighted by Gasteiger charge is 2.30. The van der Waals surface area contributed by atoms with Gasteiger partial charge < -0.3 is 24.0 Å². The first-order valence-electron chi connectivity index (χ1n) is 12.6. The minimum Gasteiger partial charge on any atom is -0.462 e. The van der Waals surface area contributed by atoms with E-state index in [-0.39, 0.29) is 23.6 Å². The highest BCUT2D eigenvalue weighted by molar-refractivity contribution is 6.05. The molecule has 0 atom stereocenters. The third kappa shape index (κ3) is 5.67. The van der Waals surface area contributed by atoms with Gasteiger partial charge in [-0.25, -0.2) is 9.18 Å². The van der Waals surface area contributed by atoms with Crippen LogP contribution in [0.15, 0.2) is 53.3 Å². The van der Waals surface area contributed by atoms with E-state index in [1.165, 1.54) is 24.3 Å². The van der Waals surface area contributed by atoms with Gasteiger partial charge in [0.25, 0.3) is 11.5 Å². The van der Waals surface area contributed by atoms with Crippen molar-refractivity contribution in [1.29, 1.82) is 0 Å². The number of aryl methyl sites for hydroxylation is 1. The number of halogens is 1. The first-order chi connectivity index (χ1) is 17.8. The van der Waals surface area contributed by atoms with Gasteiger partial charge in [0.15, 0.2) is 0 Å². The van der Waals surface area contributed by atoms with E-state index in [4.69, 9.17) is 4.74 Å². The van der Waals surface area contributed by atoms with Gasteiger partial charge in [-0.1, -0.05) is 18.2 Å². The minimum atomic E-state index is -0.639. The summed E-state index contributed by atoms with van der Waals surface area (Å²) in [6.45, 7) is 4.84. The smallest absolute Gasteiger partial charge is 0.345 e. The van der Waals surface area contributed by atoms with Gasteiger partial charge >= 0.3 is 5.97 Å². The monoisotopic (exact) mass is 508 g/mol. The fraction of sp³-hybridized carbons (Fsp3) is 0.393. The number of pyridine rings is 1. The maximum Gasteiger partial charge on any atom is 0.345 e. The largest absolute Gasteiger partial charge is 0.462 e. The van der Waals surface area contributed by atoms with Crippen molar-refractivity contribution in [3.63, 3.8) is 0 Å². The molecule has 196 valence electrons. The first-order valence-corrected chi connectivity index (χ1v) is 12.6. The Morgan fingerprint density at radius 3 is 2.32 bits per heavy atom. The van der Waals surface area contributed by atoms with Crippen LogP contribution in [0.25, 0.3) is 10.9 Å². The molecule has 2 heterocycles. The van der Waals surface area contributed by atoms with Crippen LogP contribution in [-0.4, -0.2) is 79.7 Å². The van der Waals surface area contributed by atoms with Gasteiger partial charge in [0, 0.05) is 43.7 Å². The molecule has 2 aromatic carbocycles. The van der Waals surface area contributed by atoms with E-state index in [1.54, 1.807) is 16.4 Å². The lowest BCUT2D eigenvalue weighted by Gasteiger charge is -2.37. The summed E-state index contributed by atoms with van der Waals surface area (Å²) < 4.78 is 20.3. The third-order valence-corrected chi connectivity index (χ3v) is 6.59. The number of rotatable bonds is 8. The van der Waals surface area contributed by atoms with E-state index in [0.29, 0.717) is 44.0 Å². The van der Waals surface area contributed by atoms with Crippen molar-refractivity contribution in [2.24, 2.45) is 0 Å². The number of carbonyl (C=O) groups excluding carboxylic acids is 2. The summed E-state index contributed by atoms with van der Waals surface area (Å²) in [7, 11) is 3.96. The van der Waals surface area contributed by atoms with Crippen LogP contribution < -0.4 is 10.5 Å². The molecule has 9 heteroatoms. The number of amides is 1. The molecule has 0 radical (unpaired) electrons. The molecule has 37 heavy (non-hydrogen) atoms. The number of para-hydroxylation sites is 1. The SMILES string of the molecule is CCOC(=O)c1c(N2CCN(C(=O)c3ccc(F)cc3)CC2)c2ccccc2n(CCCN(C)C)c1=O. The summed E-state index contributed by atoms with van der Waals surface area (Å²) >= 11 is 0. The summed E-state index contributed by atoms with van der Waals surface area (Å²) in [6, 6.07) is 13.1. The number of ether oxygens (including phenoxy) is 1. The van der Waals surface area contributed by atoms with Gasteiger partial charge in [0.05, 0.1) is 17.8 Å². The fourth-order valence-corrected chi connectivity index (χ4v) is 4.78. The number of hydrogen-bond acceptors (Lipinski definition) is 6. The van der Waals surface area contributed by atoms with Crippen LogP contribution in [0.3, 0.4) is 0 Å². The van der Waals surface area contributed by atoms with Gasteiger partial charge in [-0.3, -0.25) is 9.59 Å². The second-order valence-electron chi connectivity index (χ2n) is 9.36. The Balaban J connectivity index is 1.69. The van der Waals surface area contributed by atoms with E-state index in [1.807, 2.05) is 43.3 Å². The van der Waals surface area contributed by atoms with Gasteiger partial charge in [0.2, 0.25) is 0 Å². The molecule has 3 aromatic rings. The molecular formula is C28H33FN4O4. The molecule has 1 aliphatic rings. The quantitative estimate of drug-likeness (QED) is 0.435. The highest BCUT2D eigenvalue weighted by Crippen LogP contribution is 2.31. The number of benzene rings is 2. The molecule has 1 fully saturated rings. The number of carbonyl (C=O) groups is 2. The molecule has 4 rings (SSSR count). The Morgan fingerprint density at radius 2 is 1.68 bits per heavy atom. The molecule has 1 saturated heterocycles. The Hall–Kier alpha value is -3.72. The average molecular weight is 509 g/mol. The van der Waals surface area contributed by atoms with Crippen LogP contribution in [-0.2, 0) is 11.3 Å². The van der Waals surface area contributed by atoms with Crippen molar-refractivity contribution in [1.82, 2.24) is 14.4 Å². The number of esters is 1. The van der Waals surface area contributed by atoms with Crippen LogP contribution in [0, 0.1) is 5.82 Å². The minimum absolute atomic E-state index is 0.0312. The van der Waals surface area contributed by atoms with Crippen molar-refractivity contribution < 1.29 is 18.7 Å². The zero-order valence-corrected chi connectivity index (χ0v) is 21.6. The number of hydrogen-bond donors (Lipinski definition) is 0. The molecule has 1 aliphatic heterocycles. The molecule has 0 spiro atoms. The second kappa shape index (κ2) is 11.6. The normalized spacial score (nSPS) is 13.9. The molecular weight excluding hydrogens is 475 g/mol. The highest BCUT2D eigenvalue weighted by atomic mass is 19.1. The Labute approximate surface area is 215 Å². The molecule has 0 aliphatic carbocycles. The topological polar surface area (TPSA) is 75.1 Å². The maximum absolute atomic E-state index is 13.8. The van der Waals surface area contributed by atoms with Gasteiger partial charge in [-0.2, -0.15) is 0 Å². The van der Waals surface area contributed by atoms with E-state index < -0.39 is 11.8 Å². The number of anilines is 1. The molecule has 0 N–H and O–H groups in total. The Bertz CT molecular complexity index is 1330. The molecule has 1 amide bonds. The maximum atomic E-state index is 13.8. The lowest BCUT2D eigenvalue weighted by molar-refractivity contribution is 0.0523. The third-order valence-electron chi connectivity index (χ3n) is 6.59. The van der Waals surface area contributed by atoms with Crippen LogP contribution in [0.4, 0.5) is 10.1 Å². The lowest BCUT2D eigenvalue weighted by Crippen LogP contribution is -2.49. The van der Waals surface area contributed by atoms with Crippen LogP contribution in [0.2, 0.25) is 0 Å². The fourth-order valence-electron chi connectivity index (χ4n) is 4.78. The summed E-state index contributed by atoms with van der Waals surface area (Å²) in [6.07, 6.45) is 0.753. The van der Waals surface area contributed by atoms with Gasteiger partial charge in [-0.05, 0) is 64.3 Å². The van der Waals surface area contributed by atoms with Crippen molar-refractivity contribution in [3.8, 4) is 0 Å². The van der Waals surface area contributed by atoms with E-state index >= 15 is 0 Å². The molecule has 0 saturated carbocycles. The van der Waals surface area contributed by atoms with E-state index in [0.717, 1.165) is 23.9 Å². The zero-order valence-electron chi connectivity index (χ0n) is 21.6. The van der Waals surface area contributed by atoms with Crippen molar-refractivity contribution in [2.45, 2.75) is 19.9 Å². The van der Waals surface area contributed by atoms with E-state index in [2.05, 4.69) is 4.90 Å². The molecule has 8 nitrogen and oxygen atoms in total. The molecule has 0 bridgehead atoms. The van der Waals surface area contributed by atoms with Crippen LogP contribution in [0.1, 0.15) is 34.1 Å². The summed E-state index contributed by atoms with van der Waals surface area (Å²) in [5.74, 6) is -1.21. The van der Waals surface area contributed by atoms with E-state index in [9.17, 15) is 18.8 Å². The van der Waals surface area contributed by atoms with Crippen LogP contribution >= 0.6 is 0 Å². The number of aromatic nitrogens is 1. The number of nitrogens with zero attached hydrogens (tertiary/aromatic N) is 4.